The summed E-state index contributed by atoms with van der Waals surface area (Å²) >= 11 is 0. The van der Waals surface area contributed by atoms with Crippen molar-refractivity contribution in [1.29, 1.82) is 0 Å². The second-order valence-electron chi connectivity index (χ2n) is 7.06. The molecule has 0 bridgehead atoms. The highest BCUT2D eigenvalue weighted by Crippen LogP contribution is 2.26. The molecule has 1 aliphatic rings. The van der Waals surface area contributed by atoms with Gasteiger partial charge in [0.25, 0.3) is 0 Å². The van der Waals surface area contributed by atoms with E-state index in [1.807, 2.05) is 42.5 Å². The molecule has 1 atom stereocenters. The van der Waals surface area contributed by atoms with Crippen molar-refractivity contribution in [3.63, 3.8) is 0 Å². The molecule has 2 amide bonds. The Morgan fingerprint density at radius 3 is 2.74 bits per heavy atom. The quantitative estimate of drug-likeness (QED) is 0.529. The van der Waals surface area contributed by atoms with E-state index in [0.717, 1.165) is 29.2 Å². The van der Waals surface area contributed by atoms with Crippen molar-refractivity contribution in [2.75, 3.05) is 31.7 Å². The molecule has 160 valence electrons. The van der Waals surface area contributed by atoms with Gasteiger partial charge in [-0.15, -0.1) is 6.58 Å². The smallest absolute Gasteiger partial charge is 0.227 e. The number of carbonyl (C=O) groups is 2. The molecule has 1 fully saturated rings. The first kappa shape index (κ1) is 22.0. The van der Waals surface area contributed by atoms with Gasteiger partial charge in [-0.3, -0.25) is 9.59 Å². The third kappa shape index (κ3) is 5.89. The minimum absolute atomic E-state index is 0.0667. The Labute approximate surface area is 182 Å². The molecule has 6 nitrogen and oxygen atoms in total. The largest absolute Gasteiger partial charge is 0.497 e. The predicted molar refractivity (Wildman–Crippen MR) is 120 cm³/mol. The van der Waals surface area contributed by atoms with Crippen LogP contribution in [0.5, 0.6) is 11.5 Å². The molecule has 0 saturated carbocycles. The molecule has 1 aliphatic heterocycles. The van der Waals surface area contributed by atoms with Gasteiger partial charge in [0.1, 0.15) is 18.1 Å². The lowest BCUT2D eigenvalue weighted by atomic mass is 10.1. The fourth-order valence-corrected chi connectivity index (χ4v) is 3.37. The number of nitrogens with zero attached hydrogens (tertiary/aromatic N) is 1. The highest BCUT2D eigenvalue weighted by molar-refractivity contribution is 6.00. The fraction of sp³-hybridized carbons (Fsp3) is 0.280. The monoisotopic (exact) mass is 418 g/mol. The van der Waals surface area contributed by atoms with E-state index < -0.39 is 5.92 Å². The summed E-state index contributed by atoms with van der Waals surface area (Å²) in [4.78, 5) is 26.4. The van der Waals surface area contributed by atoms with Gasteiger partial charge in [0, 0.05) is 18.7 Å². The highest BCUT2D eigenvalue weighted by Gasteiger charge is 2.34. The van der Waals surface area contributed by atoms with Gasteiger partial charge < -0.3 is 19.7 Å². The average Bonchev–Trinajstić information content (AvgIpc) is 3.19. The number of amides is 2. The third-order valence-electron chi connectivity index (χ3n) is 4.99. The van der Waals surface area contributed by atoms with E-state index in [-0.39, 0.29) is 31.4 Å². The number of nitrogens with one attached hydrogen (secondary N) is 1. The predicted octanol–water partition coefficient (Wildman–Crippen LogP) is 2.98. The standard InChI is InChI=1S/C25H26N2O4/c1-3-8-19-9-4-5-10-23(19)31-16-7-6-15-26-25(29)20-17-24(28)27(18-20)21-11-13-22(30-2)14-12-21/h3-5,9-14,20H,1,8,15-18H2,2H3,(H,26,29). The number of methoxy groups -OCH3 is 1. The highest BCUT2D eigenvalue weighted by atomic mass is 16.5. The minimum Gasteiger partial charge on any atom is -0.497 e. The molecule has 0 aliphatic carbocycles. The molecule has 2 aromatic carbocycles. The van der Waals surface area contributed by atoms with Crippen LogP contribution in [0.2, 0.25) is 0 Å². The molecule has 0 aromatic heterocycles. The normalized spacial score (nSPS) is 15.1. The van der Waals surface area contributed by atoms with Crippen molar-refractivity contribution in [3.8, 4) is 23.3 Å². The van der Waals surface area contributed by atoms with Gasteiger partial charge in [0.05, 0.1) is 19.6 Å². The lowest BCUT2D eigenvalue weighted by Gasteiger charge is -2.16. The van der Waals surface area contributed by atoms with Gasteiger partial charge in [-0.1, -0.05) is 36.1 Å². The van der Waals surface area contributed by atoms with Crippen LogP contribution in [0, 0.1) is 17.8 Å². The summed E-state index contributed by atoms with van der Waals surface area (Å²) in [6.07, 6.45) is 2.74. The Balaban J connectivity index is 1.44. The number of allylic oxidation sites excluding steroid dienone is 1. The maximum Gasteiger partial charge on any atom is 0.227 e. The zero-order valence-corrected chi connectivity index (χ0v) is 17.6. The van der Waals surface area contributed by atoms with Crippen molar-refractivity contribution in [2.24, 2.45) is 5.92 Å². The molecule has 1 heterocycles. The van der Waals surface area contributed by atoms with Crippen LogP contribution >= 0.6 is 0 Å². The number of anilines is 1. The van der Waals surface area contributed by atoms with E-state index in [9.17, 15) is 9.59 Å². The Hall–Kier alpha value is -3.72. The van der Waals surface area contributed by atoms with Crippen molar-refractivity contribution in [3.05, 3.63) is 66.7 Å². The summed E-state index contributed by atoms with van der Waals surface area (Å²) in [5.74, 6) is 6.66. The van der Waals surface area contributed by atoms with Crippen LogP contribution in [0.1, 0.15) is 12.0 Å². The van der Waals surface area contributed by atoms with Crippen LogP contribution in [-0.2, 0) is 16.0 Å². The minimum atomic E-state index is -0.390. The number of ether oxygens (including phenoxy) is 2. The van der Waals surface area contributed by atoms with Gasteiger partial charge in [-0.25, -0.2) is 0 Å². The maximum atomic E-state index is 12.4. The van der Waals surface area contributed by atoms with E-state index >= 15 is 0 Å². The summed E-state index contributed by atoms with van der Waals surface area (Å²) in [7, 11) is 1.59. The summed E-state index contributed by atoms with van der Waals surface area (Å²) in [5.41, 5.74) is 1.81. The Morgan fingerprint density at radius 1 is 1.23 bits per heavy atom. The van der Waals surface area contributed by atoms with Gasteiger partial charge in [-0.05, 0) is 42.3 Å². The summed E-state index contributed by atoms with van der Waals surface area (Å²) in [6, 6.07) is 15.0. The molecule has 3 rings (SSSR count). The molecule has 6 heteroatoms. The van der Waals surface area contributed by atoms with E-state index in [2.05, 4.69) is 23.7 Å². The summed E-state index contributed by atoms with van der Waals surface area (Å²) in [6.45, 7) is 4.55. The zero-order chi connectivity index (χ0) is 22.1. The van der Waals surface area contributed by atoms with Crippen LogP contribution < -0.4 is 19.7 Å². The number of hydrogen-bond acceptors (Lipinski definition) is 4. The summed E-state index contributed by atoms with van der Waals surface area (Å²) in [5, 5.41) is 2.79. The van der Waals surface area contributed by atoms with E-state index in [1.165, 1.54) is 0 Å². The van der Waals surface area contributed by atoms with E-state index in [1.54, 1.807) is 24.1 Å². The molecule has 0 spiro atoms. The molecule has 1 unspecified atom stereocenters. The molecule has 0 radical (unpaired) electrons. The van der Waals surface area contributed by atoms with Crippen molar-refractivity contribution < 1.29 is 19.1 Å². The molecular weight excluding hydrogens is 392 g/mol. The van der Waals surface area contributed by atoms with Gasteiger partial charge in [0.2, 0.25) is 11.8 Å². The average molecular weight is 418 g/mol. The van der Waals surface area contributed by atoms with Gasteiger partial charge >= 0.3 is 0 Å². The molecular formula is C25H26N2O4. The van der Waals surface area contributed by atoms with E-state index in [0.29, 0.717) is 6.54 Å². The van der Waals surface area contributed by atoms with Gasteiger partial charge in [-0.2, -0.15) is 0 Å². The van der Waals surface area contributed by atoms with Crippen molar-refractivity contribution in [1.82, 2.24) is 5.32 Å². The summed E-state index contributed by atoms with van der Waals surface area (Å²) < 4.78 is 10.8. The number of rotatable bonds is 8. The van der Waals surface area contributed by atoms with Crippen molar-refractivity contribution >= 4 is 17.5 Å². The van der Waals surface area contributed by atoms with Crippen LogP contribution in [-0.4, -0.2) is 38.6 Å². The van der Waals surface area contributed by atoms with Gasteiger partial charge in [0.15, 0.2) is 0 Å². The Morgan fingerprint density at radius 2 is 2.00 bits per heavy atom. The molecule has 2 aromatic rings. The topological polar surface area (TPSA) is 67.9 Å². The second kappa shape index (κ2) is 10.9. The molecule has 1 saturated heterocycles. The first-order valence-corrected chi connectivity index (χ1v) is 10.1. The van der Waals surface area contributed by atoms with E-state index in [4.69, 9.17) is 9.47 Å². The van der Waals surface area contributed by atoms with Crippen LogP contribution in [0.15, 0.2) is 61.2 Å². The molecule has 31 heavy (non-hydrogen) atoms. The maximum absolute atomic E-state index is 12.4. The number of benzene rings is 2. The number of carbonyl (C=O) groups excluding carboxylic acids is 2. The van der Waals surface area contributed by atoms with Crippen LogP contribution in [0.25, 0.3) is 0 Å². The van der Waals surface area contributed by atoms with Crippen molar-refractivity contribution in [2.45, 2.75) is 12.8 Å². The first-order valence-electron chi connectivity index (χ1n) is 10.1. The Kier molecular flexibility index (Phi) is 7.72. The fourth-order valence-electron chi connectivity index (χ4n) is 3.37. The van der Waals surface area contributed by atoms with Crippen LogP contribution in [0.3, 0.4) is 0 Å². The van der Waals surface area contributed by atoms with Crippen LogP contribution in [0.4, 0.5) is 5.69 Å². The zero-order valence-electron chi connectivity index (χ0n) is 17.6. The molecule has 1 N–H and O–H groups in total. The SMILES string of the molecule is C=CCc1ccccc1OCC#CCNC(=O)C1CC(=O)N(c2ccc(OC)cc2)C1. The first-order chi connectivity index (χ1) is 15.1. The Bertz CT molecular complexity index is 989. The lowest BCUT2D eigenvalue weighted by Crippen LogP contribution is -2.33. The number of hydrogen-bond donors (Lipinski definition) is 1. The third-order valence-corrected chi connectivity index (χ3v) is 4.99. The lowest BCUT2D eigenvalue weighted by molar-refractivity contribution is -0.126. The second-order valence-corrected chi connectivity index (χ2v) is 7.06. The number of para-hydroxylation sites is 1.